The van der Waals surface area contributed by atoms with Crippen molar-refractivity contribution in [3.63, 3.8) is 0 Å². The van der Waals surface area contributed by atoms with Crippen LogP contribution in [0, 0.1) is 0 Å². The van der Waals surface area contributed by atoms with Gasteiger partial charge in [-0.3, -0.25) is 9.40 Å². The molecule has 0 fully saturated rings. The summed E-state index contributed by atoms with van der Waals surface area (Å²) in [6.45, 7) is 4.27. The van der Waals surface area contributed by atoms with Gasteiger partial charge in [0.25, 0.3) is 10.0 Å². The van der Waals surface area contributed by atoms with Crippen LogP contribution in [-0.2, 0) is 16.6 Å². The number of nitrogens with two attached hydrogens (primary N) is 1. The van der Waals surface area contributed by atoms with E-state index in [9.17, 15) is 8.42 Å². The van der Waals surface area contributed by atoms with Gasteiger partial charge in [-0.2, -0.15) is 11.0 Å². The largest absolute Gasteiger partial charge is 0.496 e. The smallest absolute Gasteiger partial charge is 0.265 e. The van der Waals surface area contributed by atoms with Gasteiger partial charge in [-0.15, -0.1) is 0 Å². The lowest BCUT2D eigenvalue weighted by Gasteiger charge is -2.19. The number of nitrogens with one attached hydrogen (secondary N) is 1. The maximum atomic E-state index is 13.2. The van der Waals surface area contributed by atoms with E-state index >= 15 is 0 Å². The van der Waals surface area contributed by atoms with Crippen molar-refractivity contribution in [1.82, 2.24) is 14.5 Å². The molecule has 0 spiro atoms. The zero-order chi connectivity index (χ0) is 23.1. The molecule has 10 heteroatoms. The van der Waals surface area contributed by atoms with Crippen molar-refractivity contribution in [3.8, 4) is 17.2 Å². The van der Waals surface area contributed by atoms with Crippen LogP contribution in [-0.4, -0.2) is 31.9 Å². The highest BCUT2D eigenvalue weighted by Gasteiger charge is 2.24. The lowest BCUT2D eigenvalue weighted by molar-refractivity contribution is 0.328. The van der Waals surface area contributed by atoms with Crippen molar-refractivity contribution in [2.75, 3.05) is 13.7 Å². The highest BCUT2D eigenvalue weighted by Crippen LogP contribution is 2.36. The van der Waals surface area contributed by atoms with Crippen molar-refractivity contribution in [2.45, 2.75) is 25.3 Å². The first-order valence-electron chi connectivity index (χ1n) is 9.89. The monoisotopic (exact) mass is 458 g/mol. The van der Waals surface area contributed by atoms with Crippen molar-refractivity contribution in [3.05, 3.63) is 72.1 Å². The van der Waals surface area contributed by atoms with Gasteiger partial charge in [0.1, 0.15) is 16.4 Å². The third-order valence-corrected chi connectivity index (χ3v) is 6.02. The molecule has 0 bridgehead atoms. The molecule has 0 amide bonds. The SMILES string of the molecule is C/C=C(/NS(=O)(=O)c1ccccc1OCC)c1c(OC)cc(Cn2cccn2)cc1ON. The zero-order valence-corrected chi connectivity index (χ0v) is 18.9. The Morgan fingerprint density at radius 1 is 1.19 bits per heavy atom. The Kier molecular flexibility index (Phi) is 7.39. The van der Waals surface area contributed by atoms with Crippen LogP contribution in [0.15, 0.2) is 65.8 Å². The Labute approximate surface area is 187 Å². The summed E-state index contributed by atoms with van der Waals surface area (Å²) in [4.78, 5) is 5.12. The summed E-state index contributed by atoms with van der Waals surface area (Å²) < 4.78 is 41.8. The Bertz CT molecular complexity index is 1170. The number of hydrogen-bond donors (Lipinski definition) is 2. The minimum atomic E-state index is -3.98. The molecule has 3 N–H and O–H groups in total. The quantitative estimate of drug-likeness (QED) is 0.449. The van der Waals surface area contributed by atoms with Crippen LogP contribution in [0.1, 0.15) is 25.0 Å². The number of ether oxygens (including phenoxy) is 2. The molecule has 1 aromatic heterocycles. The van der Waals surface area contributed by atoms with E-state index in [0.29, 0.717) is 24.5 Å². The number of rotatable bonds is 10. The average molecular weight is 459 g/mol. The average Bonchev–Trinajstić information content (AvgIpc) is 3.30. The Morgan fingerprint density at radius 3 is 2.56 bits per heavy atom. The third kappa shape index (κ3) is 5.04. The molecule has 1 heterocycles. The number of methoxy groups -OCH3 is 1. The highest BCUT2D eigenvalue weighted by molar-refractivity contribution is 7.90. The molecule has 0 saturated carbocycles. The zero-order valence-electron chi connectivity index (χ0n) is 18.1. The maximum absolute atomic E-state index is 13.2. The number of benzene rings is 2. The minimum Gasteiger partial charge on any atom is -0.496 e. The van der Waals surface area contributed by atoms with Crippen LogP contribution in [0.25, 0.3) is 5.70 Å². The molecule has 170 valence electrons. The summed E-state index contributed by atoms with van der Waals surface area (Å²) >= 11 is 0. The fraction of sp³-hybridized carbons (Fsp3) is 0.227. The third-order valence-electron chi connectivity index (χ3n) is 4.62. The van der Waals surface area contributed by atoms with E-state index in [0.717, 1.165) is 5.56 Å². The van der Waals surface area contributed by atoms with Crippen LogP contribution in [0.2, 0.25) is 0 Å². The van der Waals surface area contributed by atoms with Crippen LogP contribution >= 0.6 is 0 Å². The van der Waals surface area contributed by atoms with E-state index in [1.807, 2.05) is 12.3 Å². The molecule has 3 rings (SSSR count). The summed E-state index contributed by atoms with van der Waals surface area (Å²) in [6.07, 6.45) is 5.11. The van der Waals surface area contributed by atoms with Crippen LogP contribution in [0.5, 0.6) is 17.2 Å². The first-order valence-corrected chi connectivity index (χ1v) is 11.4. The molecule has 0 aliphatic carbocycles. The van der Waals surface area contributed by atoms with Gasteiger partial charge in [0.2, 0.25) is 0 Å². The second-order valence-corrected chi connectivity index (χ2v) is 8.33. The Balaban J connectivity index is 2.01. The van der Waals surface area contributed by atoms with E-state index in [4.69, 9.17) is 20.2 Å². The lowest BCUT2D eigenvalue weighted by Crippen LogP contribution is -2.24. The van der Waals surface area contributed by atoms with Crippen molar-refractivity contribution < 1.29 is 22.7 Å². The van der Waals surface area contributed by atoms with Crippen LogP contribution in [0.4, 0.5) is 0 Å². The van der Waals surface area contributed by atoms with E-state index in [1.165, 1.54) is 13.2 Å². The normalized spacial score (nSPS) is 11.8. The van der Waals surface area contributed by atoms with Gasteiger partial charge < -0.3 is 14.3 Å². The molecule has 9 nitrogen and oxygen atoms in total. The van der Waals surface area contributed by atoms with E-state index < -0.39 is 10.0 Å². The fourth-order valence-electron chi connectivity index (χ4n) is 3.24. The van der Waals surface area contributed by atoms with Gasteiger partial charge in [0.15, 0.2) is 5.75 Å². The molecule has 0 saturated heterocycles. The molecular weight excluding hydrogens is 432 g/mol. The summed E-state index contributed by atoms with van der Waals surface area (Å²) in [5.74, 6) is 6.45. The number of aromatic nitrogens is 2. The van der Waals surface area contributed by atoms with Gasteiger partial charge in [-0.05, 0) is 49.7 Å². The maximum Gasteiger partial charge on any atom is 0.265 e. The summed E-state index contributed by atoms with van der Waals surface area (Å²) in [5.41, 5.74) is 1.44. The highest BCUT2D eigenvalue weighted by atomic mass is 32.2. The van der Waals surface area contributed by atoms with Gasteiger partial charge >= 0.3 is 0 Å². The first kappa shape index (κ1) is 23.2. The number of nitrogens with zero attached hydrogens (tertiary/aromatic N) is 2. The predicted molar refractivity (Wildman–Crippen MR) is 121 cm³/mol. The first-order chi connectivity index (χ1) is 15.4. The topological polar surface area (TPSA) is 118 Å². The standard InChI is InChI=1S/C22H26N4O5S/c1-4-17(25-32(27,28)21-10-7-6-9-18(21)30-5-2)22-19(29-3)13-16(14-20(22)31-23)15-26-12-8-11-24-26/h4,6-14,25H,5,15,23H2,1-3H3/b17-4+. The summed E-state index contributed by atoms with van der Waals surface area (Å²) in [6, 6.07) is 11.7. The summed E-state index contributed by atoms with van der Waals surface area (Å²) in [5, 5.41) is 4.19. The number of hydrogen-bond acceptors (Lipinski definition) is 7. The van der Waals surface area contributed by atoms with Gasteiger partial charge in [-0.25, -0.2) is 8.42 Å². The van der Waals surface area contributed by atoms with Gasteiger partial charge in [0.05, 0.1) is 31.5 Å². The Morgan fingerprint density at radius 2 is 1.94 bits per heavy atom. The molecule has 0 aliphatic rings. The molecule has 32 heavy (non-hydrogen) atoms. The predicted octanol–water partition coefficient (Wildman–Crippen LogP) is 2.93. The van der Waals surface area contributed by atoms with Crippen LogP contribution < -0.4 is 24.9 Å². The molecule has 0 atom stereocenters. The van der Waals surface area contributed by atoms with Gasteiger partial charge in [-0.1, -0.05) is 18.2 Å². The molecule has 3 aromatic rings. The molecule has 0 aliphatic heterocycles. The van der Waals surface area contributed by atoms with Gasteiger partial charge in [0, 0.05) is 12.4 Å². The summed E-state index contributed by atoms with van der Waals surface area (Å²) in [7, 11) is -2.49. The second kappa shape index (κ2) is 10.2. The fourth-order valence-corrected chi connectivity index (χ4v) is 4.51. The van der Waals surface area contributed by atoms with Crippen LogP contribution in [0.3, 0.4) is 0 Å². The molecule has 0 unspecified atom stereocenters. The number of sulfonamides is 1. The van der Waals surface area contributed by atoms with Crippen molar-refractivity contribution in [1.29, 1.82) is 0 Å². The molecule has 0 radical (unpaired) electrons. The van der Waals surface area contributed by atoms with Crippen molar-refractivity contribution >= 4 is 15.7 Å². The molecular formula is C22H26N4O5S. The van der Waals surface area contributed by atoms with E-state index in [2.05, 4.69) is 9.82 Å². The van der Waals surface area contributed by atoms with Crippen molar-refractivity contribution in [2.24, 2.45) is 5.90 Å². The van der Waals surface area contributed by atoms with E-state index in [-0.39, 0.29) is 22.1 Å². The number of allylic oxidation sites excluding steroid dienone is 1. The number of para-hydroxylation sites is 1. The molecule has 2 aromatic carbocycles. The lowest BCUT2D eigenvalue weighted by atomic mass is 10.1. The van der Waals surface area contributed by atoms with E-state index in [1.54, 1.807) is 61.1 Å². The second-order valence-electron chi connectivity index (χ2n) is 6.68. The Hall–Kier alpha value is -3.50. The minimum absolute atomic E-state index is 0.0192.